The zero-order valence-corrected chi connectivity index (χ0v) is 12.9. The number of esters is 2. The Morgan fingerprint density at radius 3 is 2.08 bits per heavy atom. The lowest BCUT2D eigenvalue weighted by Crippen LogP contribution is -2.18. The van der Waals surface area contributed by atoms with Crippen molar-refractivity contribution in [3.8, 4) is 5.75 Å². The highest BCUT2D eigenvalue weighted by Gasteiger charge is 2.16. The summed E-state index contributed by atoms with van der Waals surface area (Å²) in [6, 6.07) is 16.9. The molecule has 2 aromatic carbocycles. The van der Waals surface area contributed by atoms with E-state index in [-0.39, 0.29) is 17.8 Å². The minimum Gasteiger partial charge on any atom is -0.454 e. The van der Waals surface area contributed by atoms with Crippen LogP contribution in [0, 0.1) is 0 Å². The molecule has 5 heteroatoms. The van der Waals surface area contributed by atoms with Crippen molar-refractivity contribution >= 4 is 17.7 Å². The van der Waals surface area contributed by atoms with Crippen molar-refractivity contribution in [1.82, 2.24) is 0 Å². The molecule has 0 aromatic heterocycles. The first-order valence-corrected chi connectivity index (χ1v) is 7.25. The van der Waals surface area contributed by atoms with Crippen molar-refractivity contribution in [2.75, 3.05) is 6.61 Å². The minimum atomic E-state index is -0.802. The van der Waals surface area contributed by atoms with E-state index in [2.05, 4.69) is 6.58 Å². The summed E-state index contributed by atoms with van der Waals surface area (Å²) in [5, 5.41) is 0. The van der Waals surface area contributed by atoms with E-state index < -0.39 is 18.5 Å². The van der Waals surface area contributed by atoms with Crippen LogP contribution in [-0.2, 0) is 14.3 Å². The molecular weight excluding hydrogens is 308 g/mol. The standard InChI is InChI=1S/C19H16O5/c1-14(12-18(21)24-16-10-6-3-7-11-16)19(22)23-13-17(20)15-8-4-2-5-9-15/h2-11H,1,12-13H2. The molecule has 0 spiro atoms. The van der Waals surface area contributed by atoms with Crippen LogP contribution >= 0.6 is 0 Å². The molecule has 122 valence electrons. The van der Waals surface area contributed by atoms with Gasteiger partial charge in [-0.05, 0) is 12.1 Å². The quantitative estimate of drug-likeness (QED) is 0.339. The van der Waals surface area contributed by atoms with Crippen molar-refractivity contribution < 1.29 is 23.9 Å². The maximum Gasteiger partial charge on any atom is 0.334 e. The number of para-hydroxylation sites is 1. The van der Waals surface area contributed by atoms with E-state index in [0.717, 1.165) is 0 Å². The van der Waals surface area contributed by atoms with Gasteiger partial charge < -0.3 is 9.47 Å². The molecule has 0 aliphatic carbocycles. The lowest BCUT2D eigenvalue weighted by atomic mass is 10.1. The Hall–Kier alpha value is -3.21. The van der Waals surface area contributed by atoms with Crippen LogP contribution in [0.4, 0.5) is 0 Å². The molecule has 0 heterocycles. The molecule has 0 N–H and O–H groups in total. The van der Waals surface area contributed by atoms with E-state index >= 15 is 0 Å². The first-order valence-electron chi connectivity index (χ1n) is 7.25. The molecule has 0 saturated heterocycles. The van der Waals surface area contributed by atoms with Gasteiger partial charge >= 0.3 is 11.9 Å². The lowest BCUT2D eigenvalue weighted by molar-refractivity contribution is -0.141. The molecule has 5 nitrogen and oxygen atoms in total. The third-order valence-electron chi connectivity index (χ3n) is 3.05. The van der Waals surface area contributed by atoms with Crippen LogP contribution in [0.25, 0.3) is 0 Å². The fourth-order valence-corrected chi connectivity index (χ4v) is 1.84. The summed E-state index contributed by atoms with van der Waals surface area (Å²) < 4.78 is 9.93. The number of ketones is 1. The Morgan fingerprint density at radius 1 is 0.875 bits per heavy atom. The molecule has 0 bridgehead atoms. The largest absolute Gasteiger partial charge is 0.454 e. The monoisotopic (exact) mass is 324 g/mol. The molecule has 0 radical (unpaired) electrons. The molecule has 0 fully saturated rings. The predicted octanol–water partition coefficient (Wildman–Crippen LogP) is 2.96. The van der Waals surface area contributed by atoms with Crippen molar-refractivity contribution in [3.63, 3.8) is 0 Å². The average Bonchev–Trinajstić information content (AvgIpc) is 2.60. The van der Waals surface area contributed by atoms with Gasteiger partial charge in [-0.1, -0.05) is 55.1 Å². The van der Waals surface area contributed by atoms with Gasteiger partial charge in [0.15, 0.2) is 12.4 Å². The summed E-state index contributed by atoms with van der Waals surface area (Å²) in [7, 11) is 0. The minimum absolute atomic E-state index is 0.0724. The van der Waals surface area contributed by atoms with Gasteiger partial charge in [-0.25, -0.2) is 4.79 Å². The van der Waals surface area contributed by atoms with Crippen LogP contribution in [0.1, 0.15) is 16.8 Å². The van der Waals surface area contributed by atoms with Gasteiger partial charge in [-0.3, -0.25) is 9.59 Å². The van der Waals surface area contributed by atoms with E-state index in [1.165, 1.54) is 0 Å². The molecule has 24 heavy (non-hydrogen) atoms. The van der Waals surface area contributed by atoms with Crippen molar-refractivity contribution in [1.29, 1.82) is 0 Å². The van der Waals surface area contributed by atoms with Gasteiger partial charge in [0.25, 0.3) is 0 Å². The third-order valence-corrected chi connectivity index (χ3v) is 3.05. The Bertz CT molecular complexity index is 735. The molecule has 0 amide bonds. The van der Waals surface area contributed by atoms with E-state index in [1.54, 1.807) is 60.7 Å². The number of Topliss-reactive ketones (excluding diaryl/α,β-unsaturated/α-hetero) is 1. The summed E-state index contributed by atoms with van der Waals surface area (Å²) in [5.74, 6) is -1.38. The molecule has 2 rings (SSSR count). The second-order valence-corrected chi connectivity index (χ2v) is 4.93. The predicted molar refractivity (Wildman–Crippen MR) is 87.6 cm³/mol. The summed E-state index contributed by atoms with van der Waals surface area (Å²) in [6.45, 7) is 3.09. The van der Waals surface area contributed by atoms with Gasteiger partial charge in [-0.15, -0.1) is 0 Å². The number of ether oxygens (including phenoxy) is 2. The lowest BCUT2D eigenvalue weighted by Gasteiger charge is -2.07. The molecule has 0 unspecified atom stereocenters. The molecular formula is C19H16O5. The number of benzene rings is 2. The van der Waals surface area contributed by atoms with Crippen LogP contribution in [0.5, 0.6) is 5.75 Å². The Balaban J connectivity index is 1.79. The van der Waals surface area contributed by atoms with Gasteiger partial charge in [0.2, 0.25) is 0 Å². The first kappa shape index (κ1) is 17.1. The van der Waals surface area contributed by atoms with Gasteiger partial charge in [0.05, 0.1) is 6.42 Å². The highest BCUT2D eigenvalue weighted by Crippen LogP contribution is 2.11. The van der Waals surface area contributed by atoms with Crippen LogP contribution in [-0.4, -0.2) is 24.3 Å². The topological polar surface area (TPSA) is 69.7 Å². The number of hydrogen-bond donors (Lipinski definition) is 0. The highest BCUT2D eigenvalue weighted by atomic mass is 16.5. The third kappa shape index (κ3) is 5.21. The van der Waals surface area contributed by atoms with Crippen LogP contribution in [0.3, 0.4) is 0 Å². The second-order valence-electron chi connectivity index (χ2n) is 4.93. The van der Waals surface area contributed by atoms with Gasteiger partial charge in [0.1, 0.15) is 5.75 Å². The summed E-state index contributed by atoms with van der Waals surface area (Å²) in [6.07, 6.45) is -0.312. The number of hydrogen-bond acceptors (Lipinski definition) is 5. The normalized spacial score (nSPS) is 9.83. The molecule has 0 atom stereocenters. The maximum absolute atomic E-state index is 11.8. The zero-order valence-electron chi connectivity index (χ0n) is 12.9. The fourth-order valence-electron chi connectivity index (χ4n) is 1.84. The van der Waals surface area contributed by atoms with E-state index in [0.29, 0.717) is 11.3 Å². The number of rotatable bonds is 7. The second kappa shape index (κ2) is 8.43. The molecule has 0 aliphatic heterocycles. The number of carbonyl (C=O) groups excluding carboxylic acids is 3. The molecule has 2 aromatic rings. The summed E-state index contributed by atoms with van der Waals surface area (Å²) >= 11 is 0. The fraction of sp³-hybridized carbons (Fsp3) is 0.105. The van der Waals surface area contributed by atoms with E-state index in [4.69, 9.17) is 9.47 Å². The SMILES string of the molecule is C=C(CC(=O)Oc1ccccc1)C(=O)OCC(=O)c1ccccc1. The van der Waals surface area contributed by atoms with Crippen molar-refractivity contribution in [2.45, 2.75) is 6.42 Å². The van der Waals surface area contributed by atoms with Crippen LogP contribution < -0.4 is 4.74 Å². The maximum atomic E-state index is 11.8. The first-order chi connectivity index (χ1) is 11.6. The Labute approximate surface area is 139 Å². The van der Waals surface area contributed by atoms with E-state index in [9.17, 15) is 14.4 Å². The van der Waals surface area contributed by atoms with E-state index in [1.807, 2.05) is 0 Å². The van der Waals surface area contributed by atoms with Gasteiger partial charge in [0, 0.05) is 11.1 Å². The smallest absolute Gasteiger partial charge is 0.334 e. The van der Waals surface area contributed by atoms with Crippen LogP contribution in [0.2, 0.25) is 0 Å². The van der Waals surface area contributed by atoms with Crippen molar-refractivity contribution in [3.05, 3.63) is 78.4 Å². The van der Waals surface area contributed by atoms with Gasteiger partial charge in [-0.2, -0.15) is 0 Å². The Morgan fingerprint density at radius 2 is 1.46 bits per heavy atom. The highest BCUT2D eigenvalue weighted by molar-refractivity contribution is 6.00. The summed E-state index contributed by atoms with van der Waals surface area (Å²) in [5.41, 5.74) is 0.371. The average molecular weight is 324 g/mol. The molecule has 0 saturated carbocycles. The summed E-state index contributed by atoms with van der Waals surface area (Å²) in [4.78, 5) is 35.4. The molecule has 0 aliphatic rings. The number of carbonyl (C=O) groups is 3. The van der Waals surface area contributed by atoms with Crippen molar-refractivity contribution in [2.24, 2.45) is 0 Å². The Kier molecular flexibility index (Phi) is 6.02. The van der Waals surface area contributed by atoms with Crippen LogP contribution in [0.15, 0.2) is 72.8 Å². The zero-order chi connectivity index (χ0) is 17.4.